The number of nitrogens with one attached hydrogen (secondary N) is 1. The summed E-state index contributed by atoms with van der Waals surface area (Å²) < 4.78 is 18.8. The zero-order chi connectivity index (χ0) is 17.4. The predicted octanol–water partition coefficient (Wildman–Crippen LogP) is 2.22. The largest absolute Gasteiger partial charge is 0.417 e. The molecule has 0 bridgehead atoms. The number of piperazine rings is 1. The van der Waals surface area contributed by atoms with Gasteiger partial charge in [-0.2, -0.15) is 0 Å². The van der Waals surface area contributed by atoms with E-state index in [1.54, 1.807) is 23.1 Å². The zero-order valence-corrected chi connectivity index (χ0v) is 13.4. The van der Waals surface area contributed by atoms with Crippen molar-refractivity contribution in [3.63, 3.8) is 0 Å². The molecule has 7 heteroatoms. The highest BCUT2D eigenvalue weighted by molar-refractivity contribution is 5.94. The molecule has 0 unspecified atom stereocenters. The van der Waals surface area contributed by atoms with Gasteiger partial charge in [0.15, 0.2) is 5.58 Å². The van der Waals surface area contributed by atoms with Crippen LogP contribution < -0.4 is 10.7 Å². The van der Waals surface area contributed by atoms with Gasteiger partial charge in [0.2, 0.25) is 0 Å². The molecule has 0 spiro atoms. The number of benzene rings is 2. The number of aromatic amines is 1. The minimum atomic E-state index is -0.496. The number of aromatic nitrogens is 1. The van der Waals surface area contributed by atoms with Crippen LogP contribution in [0.3, 0.4) is 0 Å². The van der Waals surface area contributed by atoms with Crippen LogP contribution in [-0.2, 0) is 0 Å². The number of rotatable bonds is 2. The van der Waals surface area contributed by atoms with E-state index >= 15 is 0 Å². The summed E-state index contributed by atoms with van der Waals surface area (Å²) in [4.78, 5) is 30.1. The molecule has 0 atom stereocenters. The lowest BCUT2D eigenvalue weighted by Gasteiger charge is -2.36. The summed E-state index contributed by atoms with van der Waals surface area (Å²) in [5.41, 5.74) is 2.21. The molecule has 0 aliphatic carbocycles. The number of oxazole rings is 1. The normalized spacial score (nSPS) is 14.9. The van der Waals surface area contributed by atoms with Crippen LogP contribution in [0.25, 0.3) is 11.1 Å². The Morgan fingerprint density at radius 2 is 1.84 bits per heavy atom. The Kier molecular flexibility index (Phi) is 3.76. The van der Waals surface area contributed by atoms with E-state index < -0.39 is 11.6 Å². The minimum Gasteiger partial charge on any atom is -0.408 e. The van der Waals surface area contributed by atoms with Gasteiger partial charge in [-0.15, -0.1) is 0 Å². The molecule has 1 saturated heterocycles. The van der Waals surface area contributed by atoms with Gasteiger partial charge in [-0.1, -0.05) is 12.1 Å². The summed E-state index contributed by atoms with van der Waals surface area (Å²) >= 11 is 0. The Morgan fingerprint density at radius 1 is 1.08 bits per heavy atom. The Bertz CT molecular complexity index is 986. The maximum absolute atomic E-state index is 13.8. The van der Waals surface area contributed by atoms with Gasteiger partial charge in [-0.25, -0.2) is 9.18 Å². The summed E-state index contributed by atoms with van der Waals surface area (Å²) in [6, 6.07) is 11.5. The standard InChI is InChI=1S/C18H16FN3O3/c19-14-4-2-1-3-13(14)17(23)22-9-7-21(8-10-22)12-5-6-16-15(11-12)20-18(24)25-16/h1-6,11H,7-10H2,(H,20,24). The fourth-order valence-electron chi connectivity index (χ4n) is 3.11. The maximum atomic E-state index is 13.8. The molecule has 1 aliphatic rings. The summed E-state index contributed by atoms with van der Waals surface area (Å²) in [5, 5.41) is 0. The molecule has 1 aliphatic heterocycles. The van der Waals surface area contributed by atoms with E-state index in [-0.39, 0.29) is 11.5 Å². The van der Waals surface area contributed by atoms with E-state index in [0.29, 0.717) is 37.3 Å². The van der Waals surface area contributed by atoms with Gasteiger partial charge < -0.3 is 14.2 Å². The Labute approximate surface area is 142 Å². The van der Waals surface area contributed by atoms with E-state index in [9.17, 15) is 14.0 Å². The number of amides is 1. The van der Waals surface area contributed by atoms with E-state index in [2.05, 4.69) is 9.88 Å². The van der Waals surface area contributed by atoms with Crippen molar-refractivity contribution in [3.8, 4) is 0 Å². The average Bonchev–Trinajstić information content (AvgIpc) is 3.01. The second-order valence-electron chi connectivity index (χ2n) is 5.95. The minimum absolute atomic E-state index is 0.105. The summed E-state index contributed by atoms with van der Waals surface area (Å²) in [7, 11) is 0. The Hall–Kier alpha value is -3.09. The first-order valence-corrected chi connectivity index (χ1v) is 8.03. The van der Waals surface area contributed by atoms with Crippen molar-refractivity contribution in [2.75, 3.05) is 31.1 Å². The first-order valence-electron chi connectivity index (χ1n) is 8.03. The molecule has 6 nitrogen and oxygen atoms in total. The number of carbonyl (C=O) groups excluding carboxylic acids is 1. The molecule has 0 radical (unpaired) electrons. The fraction of sp³-hybridized carbons (Fsp3) is 0.222. The van der Waals surface area contributed by atoms with Crippen molar-refractivity contribution >= 4 is 22.7 Å². The molecule has 128 valence electrons. The highest BCUT2D eigenvalue weighted by Crippen LogP contribution is 2.22. The molecular formula is C18H16FN3O3. The van der Waals surface area contributed by atoms with Crippen molar-refractivity contribution in [1.29, 1.82) is 0 Å². The van der Waals surface area contributed by atoms with Crippen molar-refractivity contribution in [2.45, 2.75) is 0 Å². The predicted molar refractivity (Wildman–Crippen MR) is 91.4 cm³/mol. The molecule has 4 rings (SSSR count). The smallest absolute Gasteiger partial charge is 0.408 e. The first kappa shape index (κ1) is 15.4. The summed E-state index contributed by atoms with van der Waals surface area (Å²) in [6.45, 7) is 2.28. The quantitative estimate of drug-likeness (QED) is 0.776. The molecule has 0 saturated carbocycles. The lowest BCUT2D eigenvalue weighted by Crippen LogP contribution is -2.49. The van der Waals surface area contributed by atoms with Crippen LogP contribution in [0.5, 0.6) is 0 Å². The van der Waals surface area contributed by atoms with Crippen molar-refractivity contribution < 1.29 is 13.6 Å². The summed E-state index contributed by atoms with van der Waals surface area (Å²) in [5.74, 6) is -1.26. The summed E-state index contributed by atoms with van der Waals surface area (Å²) in [6.07, 6.45) is 0. The van der Waals surface area contributed by atoms with Gasteiger partial charge >= 0.3 is 5.76 Å². The molecule has 1 aromatic heterocycles. The second-order valence-corrected chi connectivity index (χ2v) is 5.95. The van der Waals surface area contributed by atoms with Crippen molar-refractivity contribution in [1.82, 2.24) is 9.88 Å². The number of hydrogen-bond donors (Lipinski definition) is 1. The fourth-order valence-corrected chi connectivity index (χ4v) is 3.11. The molecule has 1 fully saturated rings. The van der Waals surface area contributed by atoms with Crippen LogP contribution in [0.2, 0.25) is 0 Å². The van der Waals surface area contributed by atoms with Crippen LogP contribution in [0.15, 0.2) is 51.7 Å². The topological polar surface area (TPSA) is 69.6 Å². The molecule has 2 heterocycles. The van der Waals surface area contributed by atoms with Crippen LogP contribution in [0.4, 0.5) is 10.1 Å². The van der Waals surface area contributed by atoms with Gasteiger partial charge in [0.05, 0.1) is 11.1 Å². The monoisotopic (exact) mass is 341 g/mol. The molecular weight excluding hydrogens is 325 g/mol. The first-order chi connectivity index (χ1) is 12.1. The molecule has 1 N–H and O–H groups in total. The third kappa shape index (κ3) is 2.88. The number of hydrogen-bond acceptors (Lipinski definition) is 4. The molecule has 3 aromatic rings. The van der Waals surface area contributed by atoms with Crippen LogP contribution in [0.1, 0.15) is 10.4 Å². The Balaban J connectivity index is 1.48. The van der Waals surface area contributed by atoms with Gasteiger partial charge in [-0.05, 0) is 30.3 Å². The third-order valence-corrected chi connectivity index (χ3v) is 4.44. The van der Waals surface area contributed by atoms with Crippen LogP contribution in [-0.4, -0.2) is 42.0 Å². The van der Waals surface area contributed by atoms with E-state index in [1.807, 2.05) is 12.1 Å². The number of nitrogens with zero attached hydrogens (tertiary/aromatic N) is 2. The van der Waals surface area contributed by atoms with Gasteiger partial charge in [0, 0.05) is 31.9 Å². The highest BCUT2D eigenvalue weighted by Gasteiger charge is 2.24. The number of halogens is 1. The molecule has 25 heavy (non-hydrogen) atoms. The number of H-pyrrole nitrogens is 1. The average molecular weight is 341 g/mol. The SMILES string of the molecule is O=C(c1ccccc1F)N1CCN(c2ccc3oc(=O)[nH]c3c2)CC1. The maximum Gasteiger partial charge on any atom is 0.417 e. The molecule has 1 amide bonds. The van der Waals surface area contributed by atoms with Crippen molar-refractivity contribution in [2.24, 2.45) is 0 Å². The van der Waals surface area contributed by atoms with Crippen molar-refractivity contribution in [3.05, 3.63) is 64.4 Å². The third-order valence-electron chi connectivity index (χ3n) is 4.44. The van der Waals surface area contributed by atoms with Gasteiger partial charge in [0.25, 0.3) is 5.91 Å². The lowest BCUT2D eigenvalue weighted by atomic mass is 10.1. The lowest BCUT2D eigenvalue weighted by molar-refractivity contribution is 0.0742. The van der Waals surface area contributed by atoms with E-state index in [0.717, 1.165) is 5.69 Å². The number of carbonyl (C=O) groups is 1. The van der Waals surface area contributed by atoms with E-state index in [4.69, 9.17) is 4.42 Å². The van der Waals surface area contributed by atoms with Gasteiger partial charge in [0.1, 0.15) is 5.82 Å². The highest BCUT2D eigenvalue weighted by atomic mass is 19.1. The van der Waals surface area contributed by atoms with Gasteiger partial charge in [-0.3, -0.25) is 9.78 Å². The number of fused-ring (bicyclic) bond motifs is 1. The second kappa shape index (κ2) is 6.08. The van der Waals surface area contributed by atoms with Crippen LogP contribution >= 0.6 is 0 Å². The van der Waals surface area contributed by atoms with E-state index in [1.165, 1.54) is 12.1 Å². The number of anilines is 1. The van der Waals surface area contributed by atoms with Crippen LogP contribution in [0, 0.1) is 5.82 Å². The Morgan fingerprint density at radius 3 is 2.60 bits per heavy atom. The molecule has 2 aromatic carbocycles. The zero-order valence-electron chi connectivity index (χ0n) is 13.4.